The van der Waals surface area contributed by atoms with Crippen LogP contribution in [0.4, 0.5) is 5.69 Å². The van der Waals surface area contributed by atoms with Crippen LogP contribution in [0.5, 0.6) is 0 Å². The van der Waals surface area contributed by atoms with Gasteiger partial charge in [-0.3, -0.25) is 4.79 Å². The minimum atomic E-state index is 0.120. The number of aromatic amines is 1. The molecular formula is C25H27N3O. The van der Waals surface area contributed by atoms with Gasteiger partial charge in [-0.15, -0.1) is 0 Å². The predicted molar refractivity (Wildman–Crippen MR) is 118 cm³/mol. The van der Waals surface area contributed by atoms with Gasteiger partial charge in [0, 0.05) is 47.4 Å². The highest BCUT2D eigenvalue weighted by Crippen LogP contribution is 2.50. The number of rotatable bonds is 4. The lowest BCUT2D eigenvalue weighted by Gasteiger charge is -2.37. The van der Waals surface area contributed by atoms with E-state index in [1.807, 2.05) is 24.8 Å². The summed E-state index contributed by atoms with van der Waals surface area (Å²) < 4.78 is 0. The van der Waals surface area contributed by atoms with Crippen molar-refractivity contribution < 1.29 is 4.79 Å². The van der Waals surface area contributed by atoms with Gasteiger partial charge in [0.2, 0.25) is 0 Å². The van der Waals surface area contributed by atoms with E-state index in [2.05, 4.69) is 65.0 Å². The van der Waals surface area contributed by atoms with Gasteiger partial charge in [-0.05, 0) is 61.6 Å². The van der Waals surface area contributed by atoms with Crippen LogP contribution < -0.4 is 5.32 Å². The molecule has 4 heteroatoms. The number of nitrogens with one attached hydrogen (secondary N) is 2. The number of H-pyrrole nitrogens is 1. The molecule has 3 unspecified atom stereocenters. The van der Waals surface area contributed by atoms with Crippen LogP contribution in [-0.2, 0) is 0 Å². The Labute approximate surface area is 171 Å². The van der Waals surface area contributed by atoms with Gasteiger partial charge in [-0.1, -0.05) is 30.4 Å². The highest BCUT2D eigenvalue weighted by atomic mass is 16.2. The zero-order chi connectivity index (χ0) is 20.0. The summed E-state index contributed by atoms with van der Waals surface area (Å²) in [5.74, 6) is 0.921. The van der Waals surface area contributed by atoms with Crippen molar-refractivity contribution >= 4 is 22.5 Å². The molecule has 0 saturated heterocycles. The third-order valence-electron chi connectivity index (χ3n) is 6.62. The van der Waals surface area contributed by atoms with Gasteiger partial charge >= 0.3 is 0 Å². The Morgan fingerprint density at radius 3 is 2.76 bits per heavy atom. The lowest BCUT2D eigenvalue weighted by molar-refractivity contribution is 0.0773. The normalized spacial score (nSPS) is 22.2. The molecule has 0 fully saturated rings. The van der Waals surface area contributed by atoms with E-state index in [0.29, 0.717) is 11.8 Å². The zero-order valence-corrected chi connectivity index (χ0v) is 17.0. The molecule has 2 heterocycles. The van der Waals surface area contributed by atoms with E-state index in [1.54, 1.807) is 0 Å². The number of nitrogens with zero attached hydrogens (tertiary/aromatic N) is 1. The summed E-state index contributed by atoms with van der Waals surface area (Å²) in [5.41, 5.74) is 5.69. The quantitative estimate of drug-likeness (QED) is 0.585. The number of fused-ring (bicyclic) bond motifs is 4. The molecular weight excluding hydrogens is 358 g/mol. The van der Waals surface area contributed by atoms with Crippen molar-refractivity contribution in [2.45, 2.75) is 32.2 Å². The lowest BCUT2D eigenvalue weighted by Crippen LogP contribution is -2.32. The Kier molecular flexibility index (Phi) is 4.42. The van der Waals surface area contributed by atoms with E-state index in [9.17, 15) is 4.79 Å². The summed E-state index contributed by atoms with van der Waals surface area (Å²) in [6.45, 7) is 5.53. The number of carbonyl (C=O) groups is 1. The Morgan fingerprint density at radius 2 is 1.93 bits per heavy atom. The van der Waals surface area contributed by atoms with Gasteiger partial charge in [0.05, 0.1) is 6.04 Å². The number of hydrogen-bond donors (Lipinski definition) is 2. The number of para-hydroxylation sites is 1. The van der Waals surface area contributed by atoms with Crippen LogP contribution in [0.3, 0.4) is 0 Å². The average molecular weight is 386 g/mol. The largest absolute Gasteiger partial charge is 0.378 e. The second-order valence-corrected chi connectivity index (χ2v) is 8.04. The fourth-order valence-electron chi connectivity index (χ4n) is 5.08. The van der Waals surface area contributed by atoms with Crippen LogP contribution in [0.15, 0.2) is 60.8 Å². The van der Waals surface area contributed by atoms with E-state index in [-0.39, 0.29) is 11.9 Å². The Balaban J connectivity index is 1.54. The van der Waals surface area contributed by atoms with Crippen LogP contribution >= 0.6 is 0 Å². The maximum absolute atomic E-state index is 12.9. The zero-order valence-electron chi connectivity index (χ0n) is 17.0. The molecule has 2 aromatic carbocycles. The first-order valence-electron chi connectivity index (χ1n) is 10.6. The fourth-order valence-corrected chi connectivity index (χ4v) is 5.08. The van der Waals surface area contributed by atoms with E-state index < -0.39 is 0 Å². The van der Waals surface area contributed by atoms with E-state index >= 15 is 0 Å². The number of anilines is 1. The van der Waals surface area contributed by atoms with Crippen LogP contribution in [0, 0.1) is 5.92 Å². The Morgan fingerprint density at radius 1 is 1.10 bits per heavy atom. The van der Waals surface area contributed by atoms with Crippen molar-refractivity contribution in [2.75, 3.05) is 18.4 Å². The van der Waals surface area contributed by atoms with Gasteiger partial charge in [-0.2, -0.15) is 0 Å². The summed E-state index contributed by atoms with van der Waals surface area (Å²) in [7, 11) is 0. The Bertz CT molecular complexity index is 1090. The van der Waals surface area contributed by atoms with Crippen molar-refractivity contribution in [3.8, 4) is 0 Å². The second-order valence-electron chi connectivity index (χ2n) is 8.04. The molecule has 3 aromatic rings. The van der Waals surface area contributed by atoms with Gasteiger partial charge in [0.15, 0.2) is 0 Å². The molecule has 0 radical (unpaired) electrons. The smallest absolute Gasteiger partial charge is 0.253 e. The third kappa shape index (κ3) is 2.86. The van der Waals surface area contributed by atoms with Gasteiger partial charge in [0.1, 0.15) is 0 Å². The molecule has 148 valence electrons. The molecule has 1 aliphatic heterocycles. The molecule has 2 N–H and O–H groups in total. The van der Waals surface area contributed by atoms with E-state index in [4.69, 9.17) is 0 Å². The summed E-state index contributed by atoms with van der Waals surface area (Å²) in [5, 5.41) is 5.09. The first-order chi connectivity index (χ1) is 14.2. The highest BCUT2D eigenvalue weighted by Gasteiger charge is 2.39. The molecule has 1 aliphatic carbocycles. The minimum absolute atomic E-state index is 0.120. The van der Waals surface area contributed by atoms with E-state index in [1.165, 1.54) is 22.0 Å². The van der Waals surface area contributed by atoms with Crippen molar-refractivity contribution in [2.24, 2.45) is 5.92 Å². The van der Waals surface area contributed by atoms with Crippen molar-refractivity contribution in [1.29, 1.82) is 0 Å². The van der Waals surface area contributed by atoms with Gasteiger partial charge in [-0.25, -0.2) is 0 Å². The molecule has 29 heavy (non-hydrogen) atoms. The first kappa shape index (κ1) is 18.0. The fraction of sp³-hybridized carbons (Fsp3) is 0.320. The molecule has 3 atom stereocenters. The molecule has 4 nitrogen and oxygen atoms in total. The maximum Gasteiger partial charge on any atom is 0.253 e. The second kappa shape index (κ2) is 7.11. The topological polar surface area (TPSA) is 48.1 Å². The molecule has 5 rings (SSSR count). The number of amides is 1. The average Bonchev–Trinajstić information content (AvgIpc) is 3.41. The predicted octanol–water partition coefficient (Wildman–Crippen LogP) is 5.48. The molecule has 0 saturated carbocycles. The standard InChI is InChI=1S/C25H27N3O/c1-3-28(4-2)25(29)16-12-13-23-20(14-16)17-9-7-10-19(17)24(27-23)21-15-26-22-11-6-5-8-18(21)22/h5-9,11-15,17,19,24,26-27H,3-4,10H2,1-2H3. The highest BCUT2D eigenvalue weighted by molar-refractivity contribution is 5.95. The first-order valence-corrected chi connectivity index (χ1v) is 10.6. The number of allylic oxidation sites excluding steroid dienone is 2. The lowest BCUT2D eigenvalue weighted by atomic mass is 9.76. The van der Waals surface area contributed by atoms with Gasteiger partial charge in [0.25, 0.3) is 5.91 Å². The monoisotopic (exact) mass is 385 g/mol. The molecule has 0 spiro atoms. The number of carbonyl (C=O) groups excluding carboxylic acids is 1. The summed E-state index contributed by atoms with van der Waals surface area (Å²) in [6.07, 6.45) is 7.83. The SMILES string of the molecule is CCN(CC)C(=O)c1ccc2c(c1)C1C=CCC1C(c1c[nH]c3ccccc13)N2. The summed E-state index contributed by atoms with van der Waals surface area (Å²) in [6, 6.07) is 14.9. The number of aromatic nitrogens is 1. The van der Waals surface area contributed by atoms with Gasteiger partial charge < -0.3 is 15.2 Å². The van der Waals surface area contributed by atoms with Crippen molar-refractivity contribution in [3.05, 3.63) is 77.5 Å². The minimum Gasteiger partial charge on any atom is -0.378 e. The Hall–Kier alpha value is -3.01. The molecule has 0 bridgehead atoms. The number of benzene rings is 2. The van der Waals surface area contributed by atoms with Crippen molar-refractivity contribution in [1.82, 2.24) is 9.88 Å². The summed E-state index contributed by atoms with van der Waals surface area (Å²) in [4.78, 5) is 18.2. The summed E-state index contributed by atoms with van der Waals surface area (Å²) >= 11 is 0. The molecule has 2 aliphatic rings. The van der Waals surface area contributed by atoms with Crippen LogP contribution in [0.25, 0.3) is 10.9 Å². The third-order valence-corrected chi connectivity index (χ3v) is 6.62. The van der Waals surface area contributed by atoms with Crippen LogP contribution in [0.1, 0.15) is 53.7 Å². The van der Waals surface area contributed by atoms with Crippen LogP contribution in [-0.4, -0.2) is 28.9 Å². The molecule has 1 amide bonds. The molecule has 1 aromatic heterocycles. The van der Waals surface area contributed by atoms with E-state index in [0.717, 1.165) is 30.8 Å². The number of hydrogen-bond acceptors (Lipinski definition) is 2. The van der Waals surface area contributed by atoms with Crippen molar-refractivity contribution in [3.63, 3.8) is 0 Å². The van der Waals surface area contributed by atoms with Crippen LogP contribution in [0.2, 0.25) is 0 Å². The maximum atomic E-state index is 12.9.